The fourth-order valence-corrected chi connectivity index (χ4v) is 3.19. The SMILES string of the molecule is CCc1ccc(OC)c(-c2nc(Br)c(CO)s2)c1. The van der Waals surface area contributed by atoms with Gasteiger partial charge in [0.2, 0.25) is 0 Å². The molecule has 0 saturated carbocycles. The normalized spacial score (nSPS) is 10.7. The molecule has 1 aromatic carbocycles. The van der Waals surface area contributed by atoms with E-state index in [0.29, 0.717) is 4.60 Å². The molecule has 0 spiro atoms. The zero-order valence-corrected chi connectivity index (χ0v) is 12.6. The van der Waals surface area contributed by atoms with Gasteiger partial charge < -0.3 is 9.84 Å². The van der Waals surface area contributed by atoms with Gasteiger partial charge in [-0.05, 0) is 40.0 Å². The smallest absolute Gasteiger partial charge is 0.129 e. The third kappa shape index (κ3) is 2.58. The predicted molar refractivity (Wildman–Crippen MR) is 77.1 cm³/mol. The van der Waals surface area contributed by atoms with E-state index in [9.17, 15) is 5.11 Å². The number of hydrogen-bond acceptors (Lipinski definition) is 4. The summed E-state index contributed by atoms with van der Waals surface area (Å²) in [6.45, 7) is 2.11. The van der Waals surface area contributed by atoms with Crippen molar-refractivity contribution in [1.29, 1.82) is 0 Å². The van der Waals surface area contributed by atoms with Crippen LogP contribution in [0.15, 0.2) is 22.8 Å². The van der Waals surface area contributed by atoms with E-state index in [1.165, 1.54) is 16.9 Å². The van der Waals surface area contributed by atoms with Gasteiger partial charge in [-0.15, -0.1) is 11.3 Å². The Balaban J connectivity index is 2.53. The Labute approximate surface area is 119 Å². The van der Waals surface area contributed by atoms with Gasteiger partial charge in [0.15, 0.2) is 0 Å². The molecule has 0 atom stereocenters. The van der Waals surface area contributed by atoms with Gasteiger partial charge in [-0.3, -0.25) is 0 Å². The van der Waals surface area contributed by atoms with E-state index in [-0.39, 0.29) is 6.61 Å². The molecule has 0 unspecified atom stereocenters. The number of aromatic nitrogens is 1. The van der Waals surface area contributed by atoms with E-state index in [1.807, 2.05) is 6.07 Å². The fourth-order valence-electron chi connectivity index (χ4n) is 1.69. The zero-order valence-electron chi connectivity index (χ0n) is 10.2. The molecule has 1 N–H and O–H groups in total. The second-order valence-corrected chi connectivity index (χ2v) is 5.61. The summed E-state index contributed by atoms with van der Waals surface area (Å²) >= 11 is 4.83. The Bertz CT molecular complexity index is 554. The molecule has 96 valence electrons. The summed E-state index contributed by atoms with van der Waals surface area (Å²) in [5.74, 6) is 0.804. The van der Waals surface area contributed by atoms with Crippen molar-refractivity contribution in [2.24, 2.45) is 0 Å². The maximum atomic E-state index is 9.22. The second-order valence-electron chi connectivity index (χ2n) is 3.78. The third-order valence-electron chi connectivity index (χ3n) is 2.70. The monoisotopic (exact) mass is 327 g/mol. The first-order valence-electron chi connectivity index (χ1n) is 5.63. The summed E-state index contributed by atoms with van der Waals surface area (Å²) in [6, 6.07) is 6.10. The Hall–Kier alpha value is -0.910. The third-order valence-corrected chi connectivity index (χ3v) is 4.69. The van der Waals surface area contributed by atoms with Crippen LogP contribution in [0.25, 0.3) is 10.6 Å². The van der Waals surface area contributed by atoms with Crippen LogP contribution in [-0.4, -0.2) is 17.2 Å². The lowest BCUT2D eigenvalue weighted by molar-refractivity contribution is 0.284. The minimum Gasteiger partial charge on any atom is -0.496 e. The van der Waals surface area contributed by atoms with E-state index in [4.69, 9.17) is 4.74 Å². The highest BCUT2D eigenvalue weighted by atomic mass is 79.9. The van der Waals surface area contributed by atoms with Crippen LogP contribution in [-0.2, 0) is 13.0 Å². The van der Waals surface area contributed by atoms with Gasteiger partial charge in [0.25, 0.3) is 0 Å². The number of thiazole rings is 1. The van der Waals surface area contributed by atoms with E-state index in [0.717, 1.165) is 27.6 Å². The number of ether oxygens (including phenoxy) is 1. The van der Waals surface area contributed by atoms with Crippen molar-refractivity contribution < 1.29 is 9.84 Å². The standard InChI is InChI=1S/C13H14BrNO2S/c1-3-8-4-5-10(17-2)9(6-8)13-15-12(14)11(7-16)18-13/h4-6,16H,3,7H2,1-2H3. The number of aliphatic hydroxyl groups is 1. The highest BCUT2D eigenvalue weighted by molar-refractivity contribution is 9.10. The quantitative estimate of drug-likeness (QED) is 0.932. The first-order chi connectivity index (χ1) is 8.69. The highest BCUT2D eigenvalue weighted by Gasteiger charge is 2.14. The van der Waals surface area contributed by atoms with Crippen LogP contribution >= 0.6 is 27.3 Å². The Morgan fingerprint density at radius 2 is 2.22 bits per heavy atom. The molecule has 2 rings (SSSR count). The molecular formula is C13H14BrNO2S. The number of aliphatic hydroxyl groups excluding tert-OH is 1. The van der Waals surface area contributed by atoms with Gasteiger partial charge in [-0.2, -0.15) is 0 Å². The Kier molecular flexibility index (Phi) is 4.37. The van der Waals surface area contributed by atoms with Gasteiger partial charge >= 0.3 is 0 Å². The van der Waals surface area contributed by atoms with Gasteiger partial charge in [-0.25, -0.2) is 4.98 Å². The number of benzene rings is 1. The first kappa shape index (κ1) is 13.5. The van der Waals surface area contributed by atoms with E-state index in [2.05, 4.69) is 40.0 Å². The molecule has 5 heteroatoms. The summed E-state index contributed by atoms with van der Waals surface area (Å²) in [6.07, 6.45) is 0.969. The minimum absolute atomic E-state index is 0.00592. The Morgan fingerprint density at radius 1 is 1.44 bits per heavy atom. The second kappa shape index (κ2) is 5.82. The summed E-state index contributed by atoms with van der Waals surface area (Å²) in [5.41, 5.74) is 2.21. The van der Waals surface area contributed by atoms with Gasteiger partial charge in [-0.1, -0.05) is 13.0 Å². The largest absolute Gasteiger partial charge is 0.496 e. The maximum Gasteiger partial charge on any atom is 0.129 e. The van der Waals surface area contributed by atoms with Crippen molar-refractivity contribution in [1.82, 2.24) is 4.98 Å². The van der Waals surface area contributed by atoms with Gasteiger partial charge in [0.05, 0.1) is 24.2 Å². The molecule has 0 fully saturated rings. The summed E-state index contributed by atoms with van der Waals surface area (Å²) in [7, 11) is 1.65. The minimum atomic E-state index is -0.00592. The molecule has 0 aliphatic carbocycles. The highest BCUT2D eigenvalue weighted by Crippen LogP contribution is 2.36. The van der Waals surface area contributed by atoms with Crippen LogP contribution < -0.4 is 4.74 Å². The molecule has 1 aromatic heterocycles. The number of halogens is 1. The van der Waals surface area contributed by atoms with Crippen LogP contribution in [0.1, 0.15) is 17.4 Å². The maximum absolute atomic E-state index is 9.22. The lowest BCUT2D eigenvalue weighted by Gasteiger charge is -2.07. The van der Waals surface area contributed by atoms with Crippen molar-refractivity contribution in [3.63, 3.8) is 0 Å². The fraction of sp³-hybridized carbons (Fsp3) is 0.308. The van der Waals surface area contributed by atoms with E-state index in [1.54, 1.807) is 7.11 Å². The average molecular weight is 328 g/mol. The van der Waals surface area contributed by atoms with Crippen LogP contribution in [0.3, 0.4) is 0 Å². The molecule has 2 aromatic rings. The molecule has 3 nitrogen and oxygen atoms in total. The summed E-state index contributed by atoms with van der Waals surface area (Å²) in [4.78, 5) is 5.26. The molecule has 0 bridgehead atoms. The van der Waals surface area contributed by atoms with Crippen molar-refractivity contribution >= 4 is 27.3 Å². The van der Waals surface area contributed by atoms with Gasteiger partial charge in [0, 0.05) is 0 Å². The van der Waals surface area contributed by atoms with Crippen LogP contribution in [0.2, 0.25) is 0 Å². The van der Waals surface area contributed by atoms with E-state index >= 15 is 0 Å². The number of aryl methyl sites for hydroxylation is 1. The van der Waals surface area contributed by atoms with Crippen LogP contribution in [0.5, 0.6) is 5.75 Å². The molecule has 1 heterocycles. The zero-order chi connectivity index (χ0) is 13.1. The summed E-state index contributed by atoms with van der Waals surface area (Å²) in [5, 5.41) is 10.1. The molecular weight excluding hydrogens is 314 g/mol. The number of methoxy groups -OCH3 is 1. The number of nitrogens with zero attached hydrogens (tertiary/aromatic N) is 1. The van der Waals surface area contributed by atoms with Crippen LogP contribution in [0, 0.1) is 0 Å². The molecule has 18 heavy (non-hydrogen) atoms. The van der Waals surface area contributed by atoms with Crippen LogP contribution in [0.4, 0.5) is 0 Å². The lowest BCUT2D eigenvalue weighted by atomic mass is 10.1. The molecule has 0 saturated heterocycles. The Morgan fingerprint density at radius 3 is 2.78 bits per heavy atom. The molecule has 0 aliphatic rings. The molecule has 0 aliphatic heterocycles. The lowest BCUT2D eigenvalue weighted by Crippen LogP contribution is -1.90. The topological polar surface area (TPSA) is 42.4 Å². The van der Waals surface area contributed by atoms with Crippen molar-refractivity contribution in [2.45, 2.75) is 20.0 Å². The average Bonchev–Trinajstić information content (AvgIpc) is 2.79. The molecule has 0 amide bonds. The molecule has 0 radical (unpaired) electrons. The number of rotatable bonds is 4. The van der Waals surface area contributed by atoms with Crippen molar-refractivity contribution in [2.75, 3.05) is 7.11 Å². The van der Waals surface area contributed by atoms with Crippen molar-refractivity contribution in [3.05, 3.63) is 33.2 Å². The predicted octanol–water partition coefficient (Wildman–Crippen LogP) is 3.64. The van der Waals surface area contributed by atoms with Gasteiger partial charge in [0.1, 0.15) is 15.4 Å². The van der Waals surface area contributed by atoms with E-state index < -0.39 is 0 Å². The van der Waals surface area contributed by atoms with Crippen molar-refractivity contribution in [3.8, 4) is 16.3 Å². The number of hydrogen-bond donors (Lipinski definition) is 1. The summed E-state index contributed by atoms with van der Waals surface area (Å²) < 4.78 is 6.07. The first-order valence-corrected chi connectivity index (χ1v) is 7.23.